The van der Waals surface area contributed by atoms with Crippen LogP contribution in [0.15, 0.2) is 22.8 Å². The number of hydrogen-bond donors (Lipinski definition) is 2. The number of anilines is 1. The number of carboxylic acids is 1. The lowest BCUT2D eigenvalue weighted by Gasteiger charge is -2.08. The zero-order valence-corrected chi connectivity index (χ0v) is 12.1. The Balaban J connectivity index is 2.33. The lowest BCUT2D eigenvalue weighted by molar-refractivity contribution is -0.136. The fraction of sp³-hybridized carbons (Fsp3) is 0.364. The van der Waals surface area contributed by atoms with Crippen LogP contribution in [0.25, 0.3) is 0 Å². The second kappa shape index (κ2) is 7.38. The number of aromatic nitrogens is 1. The van der Waals surface area contributed by atoms with Crippen LogP contribution in [-0.4, -0.2) is 33.0 Å². The topological polar surface area (TPSA) is 79.3 Å². The SMILES string of the molecule is CC(CC(=O)O)SCC(=O)Nc1ccc(Br)cn1. The van der Waals surface area contributed by atoms with Crippen LogP contribution < -0.4 is 5.32 Å². The van der Waals surface area contributed by atoms with Gasteiger partial charge >= 0.3 is 5.97 Å². The summed E-state index contributed by atoms with van der Waals surface area (Å²) in [5, 5.41) is 11.1. The van der Waals surface area contributed by atoms with E-state index in [1.54, 1.807) is 25.3 Å². The minimum absolute atomic E-state index is 0.0501. The number of thioether (sulfide) groups is 1. The molecule has 0 saturated heterocycles. The van der Waals surface area contributed by atoms with Gasteiger partial charge in [0.1, 0.15) is 5.82 Å². The Morgan fingerprint density at radius 3 is 2.83 bits per heavy atom. The van der Waals surface area contributed by atoms with Gasteiger partial charge in [0.2, 0.25) is 5.91 Å². The molecule has 0 aliphatic rings. The molecular weight excluding hydrogens is 320 g/mol. The predicted molar refractivity (Wildman–Crippen MR) is 74.7 cm³/mol. The van der Waals surface area contributed by atoms with E-state index in [0.717, 1.165) is 4.47 Å². The average Bonchev–Trinajstić information content (AvgIpc) is 2.29. The second-order valence-electron chi connectivity index (χ2n) is 3.63. The maximum Gasteiger partial charge on any atom is 0.304 e. The fourth-order valence-corrected chi connectivity index (χ4v) is 2.15. The van der Waals surface area contributed by atoms with Gasteiger partial charge in [0.15, 0.2) is 0 Å². The quantitative estimate of drug-likeness (QED) is 0.836. The first-order valence-electron chi connectivity index (χ1n) is 5.22. The van der Waals surface area contributed by atoms with Crippen LogP contribution in [0.3, 0.4) is 0 Å². The molecule has 2 N–H and O–H groups in total. The molecule has 1 unspecified atom stereocenters. The first-order valence-corrected chi connectivity index (χ1v) is 7.06. The molecule has 1 aromatic heterocycles. The van der Waals surface area contributed by atoms with Crippen molar-refractivity contribution >= 4 is 45.4 Å². The van der Waals surface area contributed by atoms with Gasteiger partial charge in [-0.1, -0.05) is 6.92 Å². The fourth-order valence-electron chi connectivity index (χ4n) is 1.15. The Hall–Kier alpha value is -1.08. The summed E-state index contributed by atoms with van der Waals surface area (Å²) in [5.41, 5.74) is 0. The van der Waals surface area contributed by atoms with Gasteiger partial charge in [-0.05, 0) is 28.1 Å². The molecule has 1 aromatic rings. The largest absolute Gasteiger partial charge is 0.481 e. The van der Waals surface area contributed by atoms with E-state index in [1.165, 1.54) is 11.8 Å². The van der Waals surface area contributed by atoms with E-state index < -0.39 is 5.97 Å². The molecule has 1 heterocycles. The van der Waals surface area contributed by atoms with Crippen molar-refractivity contribution in [3.05, 3.63) is 22.8 Å². The van der Waals surface area contributed by atoms with E-state index >= 15 is 0 Å². The van der Waals surface area contributed by atoms with Crippen molar-refractivity contribution in [2.45, 2.75) is 18.6 Å². The van der Waals surface area contributed by atoms with Gasteiger partial charge in [-0.15, -0.1) is 11.8 Å². The smallest absolute Gasteiger partial charge is 0.304 e. The Bertz CT molecular complexity index is 425. The molecule has 1 amide bonds. The monoisotopic (exact) mass is 332 g/mol. The van der Waals surface area contributed by atoms with Crippen LogP contribution >= 0.6 is 27.7 Å². The zero-order valence-electron chi connectivity index (χ0n) is 9.72. The van der Waals surface area contributed by atoms with Crippen molar-refractivity contribution in [3.8, 4) is 0 Å². The van der Waals surface area contributed by atoms with Gasteiger partial charge in [0.05, 0.1) is 12.2 Å². The molecule has 1 rings (SSSR count). The molecule has 0 aliphatic heterocycles. The number of nitrogens with one attached hydrogen (secondary N) is 1. The van der Waals surface area contributed by atoms with Crippen LogP contribution in [0, 0.1) is 0 Å². The summed E-state index contributed by atoms with van der Waals surface area (Å²) >= 11 is 4.55. The molecule has 18 heavy (non-hydrogen) atoms. The van der Waals surface area contributed by atoms with Crippen molar-refractivity contribution in [1.82, 2.24) is 4.98 Å². The maximum absolute atomic E-state index is 11.6. The number of amides is 1. The summed E-state index contributed by atoms with van der Waals surface area (Å²) in [6, 6.07) is 3.47. The number of rotatable bonds is 6. The van der Waals surface area contributed by atoms with Crippen molar-refractivity contribution in [3.63, 3.8) is 0 Å². The number of pyridine rings is 1. The molecule has 0 bridgehead atoms. The summed E-state index contributed by atoms with van der Waals surface area (Å²) in [4.78, 5) is 26.0. The van der Waals surface area contributed by atoms with Crippen molar-refractivity contribution in [2.75, 3.05) is 11.1 Å². The molecule has 98 valence electrons. The number of carbonyl (C=O) groups is 2. The van der Waals surface area contributed by atoms with Crippen molar-refractivity contribution in [1.29, 1.82) is 0 Å². The number of aliphatic carboxylic acids is 1. The molecular formula is C11H13BrN2O3S. The summed E-state index contributed by atoms with van der Waals surface area (Å²) in [6.07, 6.45) is 1.64. The summed E-state index contributed by atoms with van der Waals surface area (Å²) < 4.78 is 0.838. The molecule has 0 aromatic carbocycles. The van der Waals surface area contributed by atoms with Gasteiger partial charge in [-0.2, -0.15) is 0 Å². The molecule has 7 heteroatoms. The van der Waals surface area contributed by atoms with Gasteiger partial charge in [-0.25, -0.2) is 4.98 Å². The molecule has 0 fully saturated rings. The van der Waals surface area contributed by atoms with Crippen LogP contribution in [0.5, 0.6) is 0 Å². The second-order valence-corrected chi connectivity index (χ2v) is 5.97. The Kier molecular flexibility index (Phi) is 6.14. The molecule has 1 atom stereocenters. The summed E-state index contributed by atoms with van der Waals surface area (Å²) in [5.74, 6) is -0.349. The third kappa shape index (κ3) is 6.02. The van der Waals surface area contributed by atoms with E-state index in [0.29, 0.717) is 5.82 Å². The van der Waals surface area contributed by atoms with E-state index in [4.69, 9.17) is 5.11 Å². The highest BCUT2D eigenvalue weighted by Gasteiger charge is 2.11. The van der Waals surface area contributed by atoms with E-state index in [1.807, 2.05) is 0 Å². The van der Waals surface area contributed by atoms with Gasteiger partial charge in [0, 0.05) is 15.9 Å². The van der Waals surface area contributed by atoms with Crippen LogP contribution in [0.1, 0.15) is 13.3 Å². The zero-order chi connectivity index (χ0) is 13.5. The highest BCUT2D eigenvalue weighted by molar-refractivity contribution is 9.10. The Morgan fingerprint density at radius 2 is 2.28 bits per heavy atom. The summed E-state index contributed by atoms with van der Waals surface area (Å²) in [6.45, 7) is 1.78. The third-order valence-electron chi connectivity index (χ3n) is 1.96. The highest BCUT2D eigenvalue weighted by atomic mass is 79.9. The number of carboxylic acid groups (broad SMARTS) is 1. The lowest BCUT2D eigenvalue weighted by Crippen LogP contribution is -2.17. The molecule has 5 nitrogen and oxygen atoms in total. The lowest BCUT2D eigenvalue weighted by atomic mass is 10.3. The van der Waals surface area contributed by atoms with E-state index in [-0.39, 0.29) is 23.3 Å². The number of nitrogens with zero attached hydrogens (tertiary/aromatic N) is 1. The number of carbonyl (C=O) groups excluding carboxylic acids is 1. The van der Waals surface area contributed by atoms with Crippen LogP contribution in [0.2, 0.25) is 0 Å². The average molecular weight is 333 g/mol. The van der Waals surface area contributed by atoms with Crippen LogP contribution in [0.4, 0.5) is 5.82 Å². The van der Waals surface area contributed by atoms with Gasteiger partial charge < -0.3 is 10.4 Å². The number of halogens is 1. The molecule has 0 radical (unpaired) electrons. The standard InChI is InChI=1S/C11H13BrN2O3S/c1-7(4-11(16)17)18-6-10(15)14-9-3-2-8(12)5-13-9/h2-3,5,7H,4,6H2,1H3,(H,16,17)(H,13,14,15). The van der Waals surface area contributed by atoms with E-state index in [9.17, 15) is 9.59 Å². The first kappa shape index (κ1) is 15.0. The minimum Gasteiger partial charge on any atom is -0.481 e. The normalized spacial score (nSPS) is 11.9. The Labute approximate surface area is 117 Å². The minimum atomic E-state index is -0.856. The summed E-state index contributed by atoms with van der Waals surface area (Å²) in [7, 11) is 0. The Morgan fingerprint density at radius 1 is 1.56 bits per heavy atom. The van der Waals surface area contributed by atoms with Gasteiger partial charge in [0.25, 0.3) is 0 Å². The van der Waals surface area contributed by atoms with E-state index in [2.05, 4.69) is 26.2 Å². The number of hydrogen-bond acceptors (Lipinski definition) is 4. The highest BCUT2D eigenvalue weighted by Crippen LogP contribution is 2.15. The predicted octanol–water partition coefficient (Wildman–Crippen LogP) is 2.38. The van der Waals surface area contributed by atoms with Crippen LogP contribution in [-0.2, 0) is 9.59 Å². The first-order chi connectivity index (χ1) is 8.47. The molecule has 0 saturated carbocycles. The third-order valence-corrected chi connectivity index (χ3v) is 3.59. The van der Waals surface area contributed by atoms with Crippen molar-refractivity contribution in [2.24, 2.45) is 0 Å². The molecule has 0 aliphatic carbocycles. The van der Waals surface area contributed by atoms with Crippen molar-refractivity contribution < 1.29 is 14.7 Å². The maximum atomic E-state index is 11.6. The van der Waals surface area contributed by atoms with Gasteiger partial charge in [-0.3, -0.25) is 9.59 Å². The molecule has 0 spiro atoms.